The first kappa shape index (κ1) is 15.5. The van der Waals surface area contributed by atoms with E-state index >= 15 is 0 Å². The van der Waals surface area contributed by atoms with Crippen molar-refractivity contribution in [2.24, 2.45) is 0 Å². The van der Waals surface area contributed by atoms with Crippen LogP contribution < -0.4 is 5.32 Å². The molecule has 0 bridgehead atoms. The number of nitrogens with one attached hydrogen (secondary N) is 1. The van der Waals surface area contributed by atoms with Crippen LogP contribution in [-0.2, 0) is 0 Å². The molecule has 0 aliphatic carbocycles. The Balaban J connectivity index is 1.72. The Bertz CT molecular complexity index is 797. The van der Waals surface area contributed by atoms with Crippen LogP contribution in [0.3, 0.4) is 0 Å². The minimum atomic E-state index is -0.0938. The van der Waals surface area contributed by atoms with Crippen molar-refractivity contribution in [3.05, 3.63) is 82.9 Å². The van der Waals surface area contributed by atoms with Crippen LogP contribution in [0, 0.1) is 0 Å². The lowest BCUT2D eigenvalue weighted by atomic mass is 10.1. The van der Waals surface area contributed by atoms with Crippen molar-refractivity contribution in [3.63, 3.8) is 0 Å². The highest BCUT2D eigenvalue weighted by Gasteiger charge is 2.13. The molecule has 5 heteroatoms. The maximum Gasteiger partial charge on any atom is 0.252 e. The van der Waals surface area contributed by atoms with Gasteiger partial charge in [0.1, 0.15) is 0 Å². The summed E-state index contributed by atoms with van der Waals surface area (Å²) in [6.07, 6.45) is 5.40. The van der Waals surface area contributed by atoms with E-state index in [-0.39, 0.29) is 11.9 Å². The highest BCUT2D eigenvalue weighted by Crippen LogP contribution is 2.19. The zero-order chi connectivity index (χ0) is 16.2. The third-order valence-corrected chi connectivity index (χ3v) is 4.35. The summed E-state index contributed by atoms with van der Waals surface area (Å²) in [4.78, 5) is 16.4. The van der Waals surface area contributed by atoms with Crippen molar-refractivity contribution >= 4 is 21.8 Å². The molecule has 1 heterocycles. The molecule has 23 heavy (non-hydrogen) atoms. The van der Waals surface area contributed by atoms with Gasteiger partial charge in [-0.2, -0.15) is 0 Å². The van der Waals surface area contributed by atoms with Gasteiger partial charge in [0.05, 0.1) is 17.9 Å². The fourth-order valence-corrected chi connectivity index (χ4v) is 2.81. The van der Waals surface area contributed by atoms with Crippen molar-refractivity contribution in [1.82, 2.24) is 14.9 Å². The molecule has 0 fully saturated rings. The number of imidazole rings is 1. The number of amides is 1. The highest BCUT2D eigenvalue weighted by atomic mass is 79.9. The molecule has 0 aliphatic rings. The van der Waals surface area contributed by atoms with Crippen molar-refractivity contribution in [2.45, 2.75) is 13.0 Å². The molecule has 0 saturated carbocycles. The highest BCUT2D eigenvalue weighted by molar-refractivity contribution is 9.10. The Morgan fingerprint density at radius 1 is 1.17 bits per heavy atom. The molecule has 0 aliphatic heterocycles. The van der Waals surface area contributed by atoms with Gasteiger partial charge in [0.2, 0.25) is 0 Å². The van der Waals surface area contributed by atoms with Gasteiger partial charge in [-0.3, -0.25) is 4.79 Å². The van der Waals surface area contributed by atoms with E-state index in [9.17, 15) is 4.79 Å². The molecular weight excluding hydrogens is 354 g/mol. The number of rotatable bonds is 4. The van der Waals surface area contributed by atoms with E-state index in [0.29, 0.717) is 5.56 Å². The standard InChI is InChI=1S/C18H16BrN3O/c1-13(21-18(23)16-4-2-3-5-17(16)19)14-6-8-15(9-7-14)22-11-10-20-12-22/h2-13H,1H3,(H,21,23). The minimum absolute atomic E-state index is 0.0774. The second-order valence-electron chi connectivity index (χ2n) is 5.24. The third kappa shape index (κ3) is 3.51. The first-order valence-electron chi connectivity index (χ1n) is 7.29. The Morgan fingerprint density at radius 3 is 2.57 bits per heavy atom. The zero-order valence-corrected chi connectivity index (χ0v) is 14.2. The molecule has 0 radical (unpaired) electrons. The summed E-state index contributed by atoms with van der Waals surface area (Å²) < 4.78 is 2.73. The molecule has 3 rings (SSSR count). The molecule has 116 valence electrons. The summed E-state index contributed by atoms with van der Waals surface area (Å²) in [7, 11) is 0. The van der Waals surface area contributed by atoms with E-state index in [1.807, 2.05) is 60.2 Å². The van der Waals surface area contributed by atoms with Crippen molar-refractivity contribution < 1.29 is 4.79 Å². The largest absolute Gasteiger partial charge is 0.345 e. The number of benzene rings is 2. The maximum absolute atomic E-state index is 12.3. The van der Waals surface area contributed by atoms with Crippen molar-refractivity contribution in [2.75, 3.05) is 0 Å². The molecule has 1 N–H and O–H groups in total. The second-order valence-corrected chi connectivity index (χ2v) is 6.09. The normalized spacial score (nSPS) is 11.9. The molecular formula is C18H16BrN3O. The van der Waals surface area contributed by atoms with Crippen LogP contribution in [0.5, 0.6) is 0 Å². The first-order valence-corrected chi connectivity index (χ1v) is 8.08. The van der Waals surface area contributed by atoms with Crippen LogP contribution in [0.4, 0.5) is 0 Å². The van der Waals surface area contributed by atoms with Crippen molar-refractivity contribution in [1.29, 1.82) is 0 Å². The van der Waals surface area contributed by atoms with Gasteiger partial charge in [-0.15, -0.1) is 0 Å². The predicted molar refractivity (Wildman–Crippen MR) is 93.6 cm³/mol. The average molecular weight is 370 g/mol. The van der Waals surface area contributed by atoms with Gasteiger partial charge in [-0.25, -0.2) is 4.98 Å². The SMILES string of the molecule is CC(NC(=O)c1ccccc1Br)c1ccc(-n2ccnc2)cc1. The van der Waals surface area contributed by atoms with Crippen LogP contribution in [0.15, 0.2) is 71.7 Å². The lowest BCUT2D eigenvalue weighted by Crippen LogP contribution is -2.26. The van der Waals surface area contributed by atoms with Crippen LogP contribution in [-0.4, -0.2) is 15.5 Å². The zero-order valence-electron chi connectivity index (χ0n) is 12.6. The number of hydrogen-bond donors (Lipinski definition) is 1. The lowest BCUT2D eigenvalue weighted by Gasteiger charge is -2.15. The summed E-state index contributed by atoms with van der Waals surface area (Å²) >= 11 is 3.41. The van der Waals surface area contributed by atoms with E-state index < -0.39 is 0 Å². The molecule has 3 aromatic rings. The molecule has 0 saturated heterocycles. The Hall–Kier alpha value is -2.40. The number of halogens is 1. The van der Waals surface area contributed by atoms with Gasteiger partial charge in [-0.1, -0.05) is 24.3 Å². The number of hydrogen-bond acceptors (Lipinski definition) is 2. The fraction of sp³-hybridized carbons (Fsp3) is 0.111. The van der Waals surface area contributed by atoms with E-state index in [4.69, 9.17) is 0 Å². The molecule has 0 spiro atoms. The number of carbonyl (C=O) groups excluding carboxylic acids is 1. The minimum Gasteiger partial charge on any atom is -0.345 e. The molecule has 2 aromatic carbocycles. The molecule has 4 nitrogen and oxygen atoms in total. The first-order chi connectivity index (χ1) is 11.1. The van der Waals surface area contributed by atoms with Crippen molar-refractivity contribution in [3.8, 4) is 5.69 Å². The Morgan fingerprint density at radius 2 is 1.91 bits per heavy atom. The predicted octanol–water partition coefficient (Wildman–Crippen LogP) is 4.13. The number of carbonyl (C=O) groups is 1. The molecule has 1 aromatic heterocycles. The van der Waals surface area contributed by atoms with Gasteiger partial charge in [0.25, 0.3) is 5.91 Å². The summed E-state index contributed by atoms with van der Waals surface area (Å²) in [5.41, 5.74) is 2.72. The molecule has 1 amide bonds. The van der Waals surface area contributed by atoms with Gasteiger partial charge >= 0.3 is 0 Å². The van der Waals surface area contributed by atoms with Crippen LogP contribution >= 0.6 is 15.9 Å². The fourth-order valence-electron chi connectivity index (χ4n) is 2.35. The summed E-state index contributed by atoms with van der Waals surface area (Å²) in [5, 5.41) is 3.02. The van der Waals surface area contributed by atoms with Gasteiger partial charge < -0.3 is 9.88 Å². The summed E-state index contributed by atoms with van der Waals surface area (Å²) in [6.45, 7) is 1.97. The van der Waals surface area contributed by atoms with Gasteiger partial charge in [0, 0.05) is 22.6 Å². The van der Waals surface area contributed by atoms with E-state index in [1.54, 1.807) is 18.6 Å². The monoisotopic (exact) mass is 369 g/mol. The summed E-state index contributed by atoms with van der Waals surface area (Å²) in [6, 6.07) is 15.4. The van der Waals surface area contributed by atoms with Gasteiger partial charge in [0.15, 0.2) is 0 Å². The second kappa shape index (κ2) is 6.79. The Labute approximate surface area is 143 Å². The maximum atomic E-state index is 12.3. The van der Waals surface area contributed by atoms with Crippen LogP contribution in [0.2, 0.25) is 0 Å². The number of nitrogens with zero attached hydrogens (tertiary/aromatic N) is 2. The molecule has 1 atom stereocenters. The topological polar surface area (TPSA) is 46.9 Å². The quantitative estimate of drug-likeness (QED) is 0.751. The van der Waals surface area contributed by atoms with E-state index in [0.717, 1.165) is 15.7 Å². The van der Waals surface area contributed by atoms with E-state index in [2.05, 4.69) is 26.2 Å². The van der Waals surface area contributed by atoms with E-state index in [1.165, 1.54) is 0 Å². The van der Waals surface area contributed by atoms with Gasteiger partial charge in [-0.05, 0) is 52.7 Å². The lowest BCUT2D eigenvalue weighted by molar-refractivity contribution is 0.0939. The Kier molecular flexibility index (Phi) is 4.57. The third-order valence-electron chi connectivity index (χ3n) is 3.66. The average Bonchev–Trinajstić information content (AvgIpc) is 3.09. The summed E-state index contributed by atoms with van der Waals surface area (Å²) in [5.74, 6) is -0.0938. The van der Waals surface area contributed by atoms with Crippen LogP contribution in [0.25, 0.3) is 5.69 Å². The van der Waals surface area contributed by atoms with Crippen LogP contribution in [0.1, 0.15) is 28.9 Å². The smallest absolute Gasteiger partial charge is 0.252 e. The molecule has 1 unspecified atom stereocenters. The number of aromatic nitrogens is 2.